The summed E-state index contributed by atoms with van der Waals surface area (Å²) in [4.78, 5) is 18.6. The first-order valence-electron chi connectivity index (χ1n) is 12.1. The lowest BCUT2D eigenvalue weighted by Gasteiger charge is -2.22. The Labute approximate surface area is 210 Å². The van der Waals surface area contributed by atoms with E-state index in [2.05, 4.69) is 51.5 Å². The van der Waals surface area contributed by atoms with Crippen molar-refractivity contribution in [1.82, 2.24) is 9.80 Å². The van der Waals surface area contributed by atoms with Crippen LogP contribution in [0.25, 0.3) is 10.1 Å². The van der Waals surface area contributed by atoms with E-state index in [1.54, 1.807) is 7.11 Å². The zero-order chi connectivity index (χ0) is 24.0. The van der Waals surface area contributed by atoms with Crippen molar-refractivity contribution in [3.8, 4) is 5.75 Å². The van der Waals surface area contributed by atoms with Crippen molar-refractivity contribution in [3.63, 3.8) is 0 Å². The molecule has 1 fully saturated rings. The van der Waals surface area contributed by atoms with E-state index in [1.807, 2.05) is 42.5 Å². The largest absolute Gasteiger partial charge is 0.497 e. The van der Waals surface area contributed by atoms with Crippen molar-refractivity contribution in [2.75, 3.05) is 38.6 Å². The Morgan fingerprint density at radius 1 is 0.857 bits per heavy atom. The second-order valence-electron chi connectivity index (χ2n) is 9.06. The van der Waals surface area contributed by atoms with Gasteiger partial charge in [0.1, 0.15) is 5.75 Å². The molecule has 1 aliphatic heterocycles. The van der Waals surface area contributed by atoms with E-state index >= 15 is 0 Å². The van der Waals surface area contributed by atoms with Crippen LogP contribution >= 0.6 is 11.3 Å². The number of carbonyl (C=O) groups excluding carboxylic acids is 1. The van der Waals surface area contributed by atoms with Gasteiger partial charge in [0.05, 0.1) is 12.0 Å². The van der Waals surface area contributed by atoms with Crippen LogP contribution in [0.2, 0.25) is 0 Å². The average Bonchev–Trinajstić information content (AvgIpc) is 3.20. The van der Waals surface area contributed by atoms with Crippen LogP contribution in [0.15, 0.2) is 78.9 Å². The predicted octanol–water partition coefficient (Wildman–Crippen LogP) is 5.87. The Hall–Kier alpha value is -3.19. The molecule has 0 aliphatic carbocycles. The van der Waals surface area contributed by atoms with Crippen LogP contribution in [0.4, 0.5) is 5.69 Å². The molecule has 4 aromatic rings. The fourth-order valence-electron chi connectivity index (χ4n) is 4.66. The summed E-state index contributed by atoms with van der Waals surface area (Å²) < 4.78 is 6.50. The van der Waals surface area contributed by atoms with Gasteiger partial charge < -0.3 is 10.1 Å². The molecule has 1 saturated heterocycles. The first-order valence-corrected chi connectivity index (χ1v) is 12.9. The number of hydrogen-bond acceptors (Lipinski definition) is 5. The van der Waals surface area contributed by atoms with Gasteiger partial charge in [0.25, 0.3) is 5.91 Å². The van der Waals surface area contributed by atoms with Crippen LogP contribution in [-0.2, 0) is 13.1 Å². The molecule has 3 aromatic carbocycles. The van der Waals surface area contributed by atoms with Gasteiger partial charge in [-0.1, -0.05) is 42.5 Å². The summed E-state index contributed by atoms with van der Waals surface area (Å²) in [6.07, 6.45) is 1.15. The molecule has 1 aliphatic rings. The zero-order valence-corrected chi connectivity index (χ0v) is 20.9. The van der Waals surface area contributed by atoms with E-state index < -0.39 is 0 Å². The average molecular weight is 486 g/mol. The van der Waals surface area contributed by atoms with E-state index in [0.29, 0.717) is 0 Å². The molecule has 0 unspecified atom stereocenters. The van der Waals surface area contributed by atoms with Crippen molar-refractivity contribution in [2.24, 2.45) is 0 Å². The topological polar surface area (TPSA) is 44.8 Å². The molecule has 0 bridgehead atoms. The number of nitrogens with zero attached hydrogens (tertiary/aromatic N) is 2. The number of carbonyl (C=O) groups is 1. The van der Waals surface area contributed by atoms with Gasteiger partial charge in [-0.05, 0) is 72.4 Å². The lowest BCUT2D eigenvalue weighted by atomic mass is 10.1. The molecule has 0 radical (unpaired) electrons. The number of hydrogen-bond donors (Lipinski definition) is 1. The first kappa shape index (κ1) is 23.5. The van der Waals surface area contributed by atoms with Crippen LogP contribution in [-0.4, -0.2) is 49.0 Å². The predicted molar refractivity (Wildman–Crippen MR) is 144 cm³/mol. The molecule has 35 heavy (non-hydrogen) atoms. The quantitative estimate of drug-likeness (QED) is 0.356. The lowest BCUT2D eigenvalue weighted by Crippen LogP contribution is -2.30. The van der Waals surface area contributed by atoms with Crippen molar-refractivity contribution in [2.45, 2.75) is 19.5 Å². The maximum Gasteiger partial charge on any atom is 0.265 e. The number of anilines is 1. The summed E-state index contributed by atoms with van der Waals surface area (Å²) in [6, 6.07) is 26.7. The van der Waals surface area contributed by atoms with Crippen molar-refractivity contribution >= 4 is 33.0 Å². The monoisotopic (exact) mass is 485 g/mol. The van der Waals surface area contributed by atoms with Crippen LogP contribution in [0, 0.1) is 0 Å². The molecule has 180 valence electrons. The number of amides is 1. The molecule has 1 aromatic heterocycles. The highest BCUT2D eigenvalue weighted by atomic mass is 32.1. The molecular weight excluding hydrogens is 454 g/mol. The van der Waals surface area contributed by atoms with Crippen LogP contribution in [0.3, 0.4) is 0 Å². The molecule has 2 heterocycles. The second kappa shape index (κ2) is 11.0. The fourth-order valence-corrected chi connectivity index (χ4v) is 5.62. The third kappa shape index (κ3) is 6.09. The molecule has 5 rings (SSSR count). The normalized spacial score (nSPS) is 15.1. The number of benzene rings is 3. The summed E-state index contributed by atoms with van der Waals surface area (Å²) in [5, 5.41) is 4.20. The van der Waals surface area contributed by atoms with Crippen LogP contribution in [0.5, 0.6) is 5.75 Å². The third-order valence-corrected chi connectivity index (χ3v) is 7.58. The summed E-state index contributed by atoms with van der Waals surface area (Å²) in [7, 11) is 1.72. The van der Waals surface area contributed by atoms with Gasteiger partial charge in [-0.2, -0.15) is 0 Å². The highest BCUT2D eigenvalue weighted by Gasteiger charge is 2.16. The smallest absolute Gasteiger partial charge is 0.265 e. The fraction of sp³-hybridized carbons (Fsp3) is 0.276. The molecule has 1 N–H and O–H groups in total. The Bertz CT molecular complexity index is 1270. The number of thiophene rings is 1. The summed E-state index contributed by atoms with van der Waals surface area (Å²) in [5.74, 6) is 0.865. The van der Waals surface area contributed by atoms with Gasteiger partial charge >= 0.3 is 0 Å². The van der Waals surface area contributed by atoms with E-state index in [1.165, 1.54) is 22.5 Å². The molecule has 6 heteroatoms. The van der Waals surface area contributed by atoms with Crippen LogP contribution in [0.1, 0.15) is 27.2 Å². The minimum absolute atomic E-state index is 0.0497. The van der Waals surface area contributed by atoms with E-state index in [4.69, 9.17) is 4.74 Å². The minimum atomic E-state index is -0.0497. The van der Waals surface area contributed by atoms with Crippen molar-refractivity contribution in [1.29, 1.82) is 0 Å². The molecule has 0 atom stereocenters. The van der Waals surface area contributed by atoms with Gasteiger partial charge in [0.2, 0.25) is 0 Å². The maximum atomic E-state index is 12.8. The zero-order valence-electron chi connectivity index (χ0n) is 20.1. The van der Waals surface area contributed by atoms with Crippen molar-refractivity contribution in [3.05, 3.63) is 94.9 Å². The van der Waals surface area contributed by atoms with E-state index in [0.717, 1.165) is 72.1 Å². The highest BCUT2D eigenvalue weighted by Crippen LogP contribution is 2.26. The molecule has 5 nitrogen and oxygen atoms in total. The minimum Gasteiger partial charge on any atom is -0.497 e. The Morgan fingerprint density at radius 3 is 2.31 bits per heavy atom. The number of fused-ring (bicyclic) bond motifs is 1. The molecule has 0 spiro atoms. The summed E-state index contributed by atoms with van der Waals surface area (Å²) >= 11 is 1.53. The Kier molecular flexibility index (Phi) is 7.42. The summed E-state index contributed by atoms with van der Waals surface area (Å²) in [6.45, 7) is 6.08. The first-order chi connectivity index (χ1) is 17.2. The van der Waals surface area contributed by atoms with Gasteiger partial charge in [-0.3, -0.25) is 14.6 Å². The Morgan fingerprint density at radius 2 is 1.57 bits per heavy atom. The van der Waals surface area contributed by atoms with E-state index in [9.17, 15) is 4.79 Å². The molecule has 1 amide bonds. The molecular formula is C29H31N3O2S. The number of rotatable bonds is 7. The SMILES string of the molecule is COc1cccc(CN2CCCN(Cc3cccc(NC(=O)c4cc5ccccc5s4)c3)CC2)c1. The van der Waals surface area contributed by atoms with E-state index in [-0.39, 0.29) is 5.91 Å². The number of methoxy groups -OCH3 is 1. The van der Waals surface area contributed by atoms with Gasteiger partial charge in [0.15, 0.2) is 0 Å². The third-order valence-electron chi connectivity index (χ3n) is 6.46. The summed E-state index contributed by atoms with van der Waals surface area (Å²) in [5.41, 5.74) is 3.36. The lowest BCUT2D eigenvalue weighted by molar-refractivity contribution is 0.103. The van der Waals surface area contributed by atoms with Crippen LogP contribution < -0.4 is 10.1 Å². The number of nitrogens with one attached hydrogen (secondary N) is 1. The molecule has 0 saturated carbocycles. The maximum absolute atomic E-state index is 12.8. The Balaban J connectivity index is 1.17. The highest BCUT2D eigenvalue weighted by molar-refractivity contribution is 7.20. The standard InChI is InChI=1S/C29H31N3O2S/c1-34-26-11-5-8-23(18-26)21-32-14-6-13-31(15-16-32)20-22-7-4-10-25(17-22)30-29(33)28-19-24-9-2-3-12-27(24)35-28/h2-5,7-12,17-19H,6,13-16,20-21H2,1H3,(H,30,33). The van der Waals surface area contributed by atoms with Gasteiger partial charge in [-0.25, -0.2) is 0 Å². The van der Waals surface area contributed by atoms with Gasteiger partial charge in [-0.15, -0.1) is 11.3 Å². The van der Waals surface area contributed by atoms with Crippen molar-refractivity contribution < 1.29 is 9.53 Å². The second-order valence-corrected chi connectivity index (χ2v) is 10.1. The number of ether oxygens (including phenoxy) is 1. The van der Waals surface area contributed by atoms with Gasteiger partial charge in [0, 0.05) is 36.6 Å².